The molecule has 0 radical (unpaired) electrons. The lowest BCUT2D eigenvalue weighted by atomic mass is 10.2. The molecule has 0 unspecified atom stereocenters. The first-order valence-electron chi connectivity index (χ1n) is 9.35. The first-order chi connectivity index (χ1) is 14.6. The van der Waals surface area contributed by atoms with E-state index in [1.54, 1.807) is 4.68 Å². The Hall–Kier alpha value is -3.04. The van der Waals surface area contributed by atoms with E-state index in [4.69, 9.17) is 0 Å². The SMILES string of the molecule is Cc1ccc(NC(=O)Cc2nc(CSc3nnnn3-c3ccccc3C)cs2)cc1. The molecule has 152 valence electrons. The van der Waals surface area contributed by atoms with Crippen LogP contribution in [0, 0.1) is 13.8 Å². The molecule has 0 aliphatic carbocycles. The molecular formula is C21H20N6OS2. The topological polar surface area (TPSA) is 85.6 Å². The van der Waals surface area contributed by atoms with Gasteiger partial charge in [-0.05, 0) is 48.0 Å². The van der Waals surface area contributed by atoms with Crippen LogP contribution < -0.4 is 5.32 Å². The zero-order chi connectivity index (χ0) is 20.9. The number of para-hydroxylation sites is 1. The van der Waals surface area contributed by atoms with E-state index >= 15 is 0 Å². The number of nitrogens with zero attached hydrogens (tertiary/aromatic N) is 5. The van der Waals surface area contributed by atoms with Gasteiger partial charge in [0.1, 0.15) is 5.01 Å². The van der Waals surface area contributed by atoms with E-state index in [9.17, 15) is 4.79 Å². The number of tetrazole rings is 1. The minimum absolute atomic E-state index is 0.0732. The summed E-state index contributed by atoms with van der Waals surface area (Å²) in [7, 11) is 0. The van der Waals surface area contributed by atoms with Gasteiger partial charge in [-0.1, -0.05) is 47.7 Å². The molecule has 2 aromatic heterocycles. The van der Waals surface area contributed by atoms with E-state index in [0.29, 0.717) is 10.9 Å². The normalized spacial score (nSPS) is 10.9. The molecule has 0 atom stereocenters. The summed E-state index contributed by atoms with van der Waals surface area (Å²) < 4.78 is 1.74. The van der Waals surface area contributed by atoms with Crippen molar-refractivity contribution in [2.75, 3.05) is 5.32 Å². The Morgan fingerprint density at radius 2 is 1.93 bits per heavy atom. The van der Waals surface area contributed by atoms with Crippen LogP contribution in [0.25, 0.3) is 5.69 Å². The van der Waals surface area contributed by atoms with Crippen molar-refractivity contribution in [3.05, 3.63) is 75.7 Å². The van der Waals surface area contributed by atoms with Crippen molar-refractivity contribution in [2.24, 2.45) is 0 Å². The van der Waals surface area contributed by atoms with E-state index in [2.05, 4.69) is 25.8 Å². The lowest BCUT2D eigenvalue weighted by Crippen LogP contribution is -2.14. The summed E-state index contributed by atoms with van der Waals surface area (Å²) in [5.74, 6) is 0.554. The molecule has 0 aliphatic heterocycles. The quantitative estimate of drug-likeness (QED) is 0.437. The van der Waals surface area contributed by atoms with Crippen molar-refractivity contribution in [2.45, 2.75) is 31.2 Å². The first-order valence-corrected chi connectivity index (χ1v) is 11.2. The molecule has 2 heterocycles. The molecule has 1 N–H and O–H groups in total. The molecule has 7 nitrogen and oxygen atoms in total. The predicted molar refractivity (Wildman–Crippen MR) is 119 cm³/mol. The van der Waals surface area contributed by atoms with Crippen LogP contribution in [0.15, 0.2) is 59.1 Å². The number of amides is 1. The summed E-state index contributed by atoms with van der Waals surface area (Å²) >= 11 is 3.00. The van der Waals surface area contributed by atoms with Gasteiger partial charge in [-0.3, -0.25) is 4.79 Å². The van der Waals surface area contributed by atoms with E-state index in [0.717, 1.165) is 33.2 Å². The molecule has 9 heteroatoms. The first kappa shape index (κ1) is 20.2. The van der Waals surface area contributed by atoms with Crippen molar-refractivity contribution in [1.82, 2.24) is 25.2 Å². The molecule has 4 aromatic rings. The lowest BCUT2D eigenvalue weighted by Gasteiger charge is -2.06. The maximum Gasteiger partial charge on any atom is 0.231 e. The number of hydrogen-bond acceptors (Lipinski definition) is 7. The van der Waals surface area contributed by atoms with Gasteiger partial charge in [0.05, 0.1) is 17.8 Å². The third-order valence-electron chi connectivity index (χ3n) is 4.38. The average molecular weight is 437 g/mol. The van der Waals surface area contributed by atoms with Crippen molar-refractivity contribution in [3.63, 3.8) is 0 Å². The minimum Gasteiger partial charge on any atom is -0.326 e. The van der Waals surface area contributed by atoms with Gasteiger partial charge in [-0.25, -0.2) is 4.98 Å². The monoisotopic (exact) mass is 436 g/mol. The molecule has 0 saturated carbocycles. The van der Waals surface area contributed by atoms with E-state index in [-0.39, 0.29) is 12.3 Å². The summed E-state index contributed by atoms with van der Waals surface area (Å²) in [6.45, 7) is 4.04. The Labute approximate surface area is 182 Å². The Balaban J connectivity index is 1.35. The van der Waals surface area contributed by atoms with Crippen LogP contribution >= 0.6 is 23.1 Å². The van der Waals surface area contributed by atoms with Crippen molar-refractivity contribution in [1.29, 1.82) is 0 Å². The van der Waals surface area contributed by atoms with Crippen LogP contribution in [0.3, 0.4) is 0 Å². The maximum absolute atomic E-state index is 12.3. The number of anilines is 1. The summed E-state index contributed by atoms with van der Waals surface area (Å²) in [5.41, 5.74) is 4.91. The fourth-order valence-corrected chi connectivity index (χ4v) is 4.51. The van der Waals surface area contributed by atoms with Gasteiger partial charge in [0, 0.05) is 16.8 Å². The molecular weight excluding hydrogens is 416 g/mol. The highest BCUT2D eigenvalue weighted by Crippen LogP contribution is 2.24. The number of benzene rings is 2. The zero-order valence-electron chi connectivity index (χ0n) is 16.6. The zero-order valence-corrected chi connectivity index (χ0v) is 18.2. The van der Waals surface area contributed by atoms with Crippen LogP contribution in [-0.4, -0.2) is 31.1 Å². The third kappa shape index (κ3) is 4.92. The van der Waals surface area contributed by atoms with Gasteiger partial charge in [0.2, 0.25) is 11.1 Å². The Morgan fingerprint density at radius 3 is 2.73 bits per heavy atom. The molecule has 0 aliphatic rings. The number of aryl methyl sites for hydroxylation is 2. The highest BCUT2D eigenvalue weighted by atomic mass is 32.2. The smallest absolute Gasteiger partial charge is 0.231 e. The second-order valence-electron chi connectivity index (χ2n) is 6.77. The molecule has 0 bridgehead atoms. The number of thiazole rings is 1. The summed E-state index contributed by atoms with van der Waals surface area (Å²) in [6, 6.07) is 15.7. The van der Waals surface area contributed by atoms with Crippen molar-refractivity contribution >= 4 is 34.7 Å². The Kier molecular flexibility index (Phi) is 6.20. The van der Waals surface area contributed by atoms with Crippen LogP contribution in [0.4, 0.5) is 5.69 Å². The van der Waals surface area contributed by atoms with Crippen LogP contribution in [0.1, 0.15) is 21.8 Å². The summed E-state index contributed by atoms with van der Waals surface area (Å²) in [5, 5.41) is 18.4. The lowest BCUT2D eigenvalue weighted by molar-refractivity contribution is -0.115. The van der Waals surface area contributed by atoms with Crippen LogP contribution in [-0.2, 0) is 17.0 Å². The fourth-order valence-electron chi connectivity index (χ4n) is 2.84. The number of thioether (sulfide) groups is 1. The summed E-state index contributed by atoms with van der Waals surface area (Å²) in [4.78, 5) is 16.9. The minimum atomic E-state index is -0.0732. The fraction of sp³-hybridized carbons (Fsp3) is 0.190. The standard InChI is InChI=1S/C21H20N6OS2/c1-14-7-9-16(10-8-14)22-19(28)11-20-23-17(12-29-20)13-30-21-24-25-26-27(21)18-6-4-3-5-15(18)2/h3-10,12H,11,13H2,1-2H3,(H,22,28). The van der Waals surface area contributed by atoms with E-state index in [1.165, 1.54) is 23.1 Å². The maximum atomic E-state index is 12.3. The molecule has 0 fully saturated rings. The second-order valence-corrected chi connectivity index (χ2v) is 8.66. The number of carbonyl (C=O) groups is 1. The van der Waals surface area contributed by atoms with Crippen LogP contribution in [0.5, 0.6) is 0 Å². The third-order valence-corrected chi connectivity index (χ3v) is 6.23. The van der Waals surface area contributed by atoms with E-state index < -0.39 is 0 Å². The van der Waals surface area contributed by atoms with Gasteiger partial charge in [-0.2, -0.15) is 4.68 Å². The number of aromatic nitrogens is 5. The Bertz CT molecular complexity index is 1150. The predicted octanol–water partition coefficient (Wildman–Crippen LogP) is 4.21. The number of carbonyl (C=O) groups excluding carboxylic acids is 1. The number of hydrogen-bond donors (Lipinski definition) is 1. The largest absolute Gasteiger partial charge is 0.326 e. The molecule has 0 saturated heterocycles. The number of nitrogens with one attached hydrogen (secondary N) is 1. The molecule has 2 aromatic carbocycles. The van der Waals surface area contributed by atoms with Gasteiger partial charge in [-0.15, -0.1) is 16.4 Å². The molecule has 4 rings (SSSR count). The molecule has 30 heavy (non-hydrogen) atoms. The average Bonchev–Trinajstić information content (AvgIpc) is 3.38. The molecule has 1 amide bonds. The van der Waals surface area contributed by atoms with Gasteiger partial charge >= 0.3 is 0 Å². The van der Waals surface area contributed by atoms with Crippen LogP contribution in [0.2, 0.25) is 0 Å². The highest BCUT2D eigenvalue weighted by molar-refractivity contribution is 7.98. The van der Waals surface area contributed by atoms with Crippen molar-refractivity contribution < 1.29 is 4.79 Å². The van der Waals surface area contributed by atoms with E-state index in [1.807, 2.05) is 67.8 Å². The Morgan fingerprint density at radius 1 is 1.13 bits per heavy atom. The summed E-state index contributed by atoms with van der Waals surface area (Å²) in [6.07, 6.45) is 0.254. The van der Waals surface area contributed by atoms with Gasteiger partial charge in [0.25, 0.3) is 0 Å². The number of rotatable bonds is 7. The van der Waals surface area contributed by atoms with Gasteiger partial charge in [0.15, 0.2) is 0 Å². The van der Waals surface area contributed by atoms with Crippen molar-refractivity contribution in [3.8, 4) is 5.69 Å². The highest BCUT2D eigenvalue weighted by Gasteiger charge is 2.13. The second kappa shape index (κ2) is 9.19. The molecule has 0 spiro atoms. The van der Waals surface area contributed by atoms with Gasteiger partial charge < -0.3 is 5.32 Å².